The zero-order valence-electron chi connectivity index (χ0n) is 8.69. The Morgan fingerprint density at radius 2 is 2.07 bits per heavy atom. The van der Waals surface area contributed by atoms with E-state index < -0.39 is 4.27 Å². The molecule has 0 aliphatic carbocycles. The van der Waals surface area contributed by atoms with Crippen molar-refractivity contribution in [1.82, 2.24) is 10.2 Å². The highest BCUT2D eigenvalue weighted by molar-refractivity contribution is 9.10. The van der Waals surface area contributed by atoms with Crippen LogP contribution >= 0.6 is 50.7 Å². The Morgan fingerprint density at radius 3 is 2.67 bits per heavy atom. The lowest BCUT2D eigenvalue weighted by Crippen LogP contribution is -1.69. The maximum atomic E-state index is 6.23. The normalized spacial score (nSPS) is 11.9. The molecule has 0 fully saturated rings. The molecular formula is C9H8BrCl3N2. The van der Waals surface area contributed by atoms with Crippen LogP contribution < -0.4 is 0 Å². The molecule has 0 spiro atoms. The number of H-pyrrole nitrogens is 1. The molecule has 1 N–H and O–H groups in total. The molecular weight excluding hydrogens is 322 g/mol. The number of fused-ring (bicyclic) bond motifs is 1. The molecule has 0 unspecified atom stereocenters. The van der Waals surface area contributed by atoms with Crippen LogP contribution in [0.5, 0.6) is 0 Å². The zero-order chi connectivity index (χ0) is 12.3. The van der Waals surface area contributed by atoms with Crippen LogP contribution in [-0.2, 0) is 0 Å². The Labute approximate surface area is 112 Å². The maximum absolute atomic E-state index is 6.23. The molecule has 82 valence electrons. The van der Waals surface area contributed by atoms with Crippen molar-refractivity contribution in [3.05, 3.63) is 28.4 Å². The third-order valence-electron chi connectivity index (χ3n) is 1.71. The zero-order valence-corrected chi connectivity index (χ0v) is 11.5. The van der Waals surface area contributed by atoms with E-state index in [2.05, 4.69) is 32.2 Å². The van der Waals surface area contributed by atoms with Gasteiger partial charge >= 0.3 is 0 Å². The van der Waals surface area contributed by atoms with E-state index in [4.69, 9.17) is 36.2 Å². The second-order valence-corrected chi connectivity index (χ2v) is 5.35. The Balaban J connectivity index is 0.000000221. The monoisotopic (exact) mass is 329 g/mol. The van der Waals surface area contributed by atoms with Gasteiger partial charge in [0, 0.05) is 15.6 Å². The quantitative estimate of drug-likeness (QED) is 0.701. The number of nitrogens with zero attached hydrogens (tertiary/aromatic N) is 1. The van der Waals surface area contributed by atoms with Gasteiger partial charge in [0.05, 0.1) is 6.89 Å². The molecule has 6 heteroatoms. The molecule has 0 radical (unpaired) electrons. The standard InChI is InChI=1S/C8H7BrN2.CHCl3/c1-5-7-4-6(9)2-3-8(7)11-10-5;2-1(3)4/h2-4H,1H3,(H,10,11);1H/i;1D. The third kappa shape index (κ3) is 4.19. The summed E-state index contributed by atoms with van der Waals surface area (Å²) in [5, 5.41) is 8.23. The van der Waals surface area contributed by atoms with Crippen molar-refractivity contribution >= 4 is 61.6 Å². The fraction of sp³-hybridized carbons (Fsp3) is 0.222. The summed E-state index contributed by atoms with van der Waals surface area (Å²) in [7, 11) is 0. The molecule has 0 atom stereocenters. The van der Waals surface area contributed by atoms with Crippen LogP contribution in [0.15, 0.2) is 22.7 Å². The van der Waals surface area contributed by atoms with Gasteiger partial charge in [-0.15, -0.1) is 0 Å². The molecule has 0 saturated carbocycles. The minimum absolute atomic E-state index is 1.02. The summed E-state index contributed by atoms with van der Waals surface area (Å²) >= 11 is 17.6. The van der Waals surface area contributed by atoms with Gasteiger partial charge in [-0.05, 0) is 25.1 Å². The number of nitrogens with one attached hydrogen (secondary N) is 1. The summed E-state index contributed by atoms with van der Waals surface area (Å²) in [5.41, 5.74) is 2.13. The molecule has 15 heavy (non-hydrogen) atoms. The van der Waals surface area contributed by atoms with Crippen molar-refractivity contribution in [2.24, 2.45) is 0 Å². The van der Waals surface area contributed by atoms with Crippen LogP contribution in [-0.4, -0.2) is 14.5 Å². The maximum Gasteiger partial charge on any atom is 0.180 e. The first-order valence-electron chi connectivity index (χ1n) is 4.44. The van der Waals surface area contributed by atoms with E-state index in [1.165, 1.54) is 5.39 Å². The summed E-state index contributed by atoms with van der Waals surface area (Å²) in [6.45, 7) is 2.02. The molecule has 2 rings (SSSR count). The highest BCUT2D eigenvalue weighted by Gasteiger charge is 1.99. The van der Waals surface area contributed by atoms with Crippen LogP contribution in [0.1, 0.15) is 7.06 Å². The second-order valence-electron chi connectivity index (χ2n) is 2.72. The van der Waals surface area contributed by atoms with E-state index in [0.29, 0.717) is 0 Å². The second kappa shape index (κ2) is 5.94. The lowest BCUT2D eigenvalue weighted by molar-refractivity contribution is 1.07. The number of aromatic nitrogens is 2. The van der Waals surface area contributed by atoms with Gasteiger partial charge < -0.3 is 0 Å². The molecule has 1 aromatic heterocycles. The Bertz CT molecular complexity index is 475. The number of halogens is 4. The van der Waals surface area contributed by atoms with Crippen molar-refractivity contribution in [3.8, 4) is 0 Å². The summed E-state index contributed by atoms with van der Waals surface area (Å²) in [4.78, 5) is 0. The van der Waals surface area contributed by atoms with E-state index in [0.717, 1.165) is 15.7 Å². The van der Waals surface area contributed by atoms with Gasteiger partial charge in [0.1, 0.15) is 0 Å². The average molecular weight is 331 g/mol. The van der Waals surface area contributed by atoms with Gasteiger partial charge in [-0.25, -0.2) is 0 Å². The SMILES string of the molecule is Cc1[nH]nc2ccc(Br)cc12.[2H]C(Cl)(Cl)Cl. The predicted molar refractivity (Wildman–Crippen MR) is 69.9 cm³/mol. The average Bonchev–Trinajstić information content (AvgIpc) is 2.45. The summed E-state index contributed by atoms with van der Waals surface area (Å²) in [5.74, 6) is 0. The summed E-state index contributed by atoms with van der Waals surface area (Å²) in [6.07, 6.45) is 0. The van der Waals surface area contributed by atoms with Gasteiger partial charge in [-0.1, -0.05) is 50.7 Å². The Kier molecular flexibility index (Phi) is 4.57. The van der Waals surface area contributed by atoms with E-state index >= 15 is 0 Å². The highest BCUT2D eigenvalue weighted by Crippen LogP contribution is 2.19. The summed E-state index contributed by atoms with van der Waals surface area (Å²) in [6, 6.07) is 6.04. The lowest BCUT2D eigenvalue weighted by atomic mass is 10.2. The molecule has 2 aromatic rings. The van der Waals surface area contributed by atoms with Gasteiger partial charge in [-0.2, -0.15) is 5.10 Å². The van der Waals surface area contributed by atoms with E-state index in [-0.39, 0.29) is 0 Å². The smallest absolute Gasteiger partial charge is 0.180 e. The number of aromatic amines is 1. The van der Waals surface area contributed by atoms with Crippen LogP contribution in [0.25, 0.3) is 10.9 Å². The number of rotatable bonds is 0. The van der Waals surface area contributed by atoms with Crippen molar-refractivity contribution in [2.45, 2.75) is 11.2 Å². The molecule has 1 heterocycles. The minimum Gasteiger partial charge on any atom is -0.282 e. The summed E-state index contributed by atoms with van der Waals surface area (Å²) < 4.78 is 5.49. The molecule has 0 bridgehead atoms. The number of hydrogen-bond acceptors (Lipinski definition) is 1. The van der Waals surface area contributed by atoms with Crippen molar-refractivity contribution in [2.75, 3.05) is 0 Å². The number of alkyl halides is 3. The van der Waals surface area contributed by atoms with Gasteiger partial charge in [-0.3, -0.25) is 5.10 Å². The minimum atomic E-state index is -1.83. The first-order valence-corrected chi connectivity index (χ1v) is 5.87. The Hall–Kier alpha value is 0.0400. The number of hydrogen-bond donors (Lipinski definition) is 1. The Morgan fingerprint density at radius 1 is 1.47 bits per heavy atom. The first kappa shape index (κ1) is 11.5. The molecule has 2 nitrogen and oxygen atoms in total. The van der Waals surface area contributed by atoms with Crippen molar-refractivity contribution in [3.63, 3.8) is 0 Å². The molecule has 0 aliphatic heterocycles. The molecule has 1 aromatic carbocycles. The van der Waals surface area contributed by atoms with Gasteiger partial charge in [0.15, 0.2) is 4.27 Å². The van der Waals surface area contributed by atoms with Crippen molar-refractivity contribution in [1.29, 1.82) is 0 Å². The van der Waals surface area contributed by atoms with Crippen LogP contribution in [0.4, 0.5) is 0 Å². The lowest BCUT2D eigenvalue weighted by Gasteiger charge is -1.89. The van der Waals surface area contributed by atoms with E-state index in [9.17, 15) is 0 Å². The van der Waals surface area contributed by atoms with E-state index in [1.54, 1.807) is 0 Å². The van der Waals surface area contributed by atoms with E-state index in [1.807, 2.05) is 19.1 Å². The predicted octanol–water partition coefficient (Wildman–Crippen LogP) is 4.62. The number of benzene rings is 1. The van der Waals surface area contributed by atoms with Gasteiger partial charge in [0.2, 0.25) is 0 Å². The molecule has 0 aliphatic rings. The largest absolute Gasteiger partial charge is 0.282 e. The van der Waals surface area contributed by atoms with Crippen LogP contribution in [0, 0.1) is 6.92 Å². The fourth-order valence-corrected chi connectivity index (χ4v) is 1.47. The molecule has 0 saturated heterocycles. The van der Waals surface area contributed by atoms with Crippen LogP contribution in [0.3, 0.4) is 0 Å². The van der Waals surface area contributed by atoms with Crippen molar-refractivity contribution < 1.29 is 1.37 Å². The number of aryl methyl sites for hydroxylation is 1. The van der Waals surface area contributed by atoms with Gasteiger partial charge in [0.25, 0.3) is 0 Å². The topological polar surface area (TPSA) is 28.7 Å². The highest BCUT2D eigenvalue weighted by atomic mass is 79.9. The van der Waals surface area contributed by atoms with Crippen LogP contribution in [0.2, 0.25) is 0 Å². The molecule has 0 amide bonds. The fourth-order valence-electron chi connectivity index (χ4n) is 1.11. The third-order valence-corrected chi connectivity index (χ3v) is 2.20. The first-order chi connectivity index (χ1) is 7.27.